The van der Waals surface area contributed by atoms with Gasteiger partial charge in [0.2, 0.25) is 11.8 Å². The second-order valence-corrected chi connectivity index (χ2v) is 14.8. The Bertz CT molecular complexity index is 1450. The Hall–Kier alpha value is -3.36. The Morgan fingerprint density at radius 1 is 1.19 bits per heavy atom. The highest BCUT2D eigenvalue weighted by Crippen LogP contribution is 2.41. The van der Waals surface area contributed by atoms with Crippen LogP contribution in [0.25, 0.3) is 15.3 Å². The van der Waals surface area contributed by atoms with Gasteiger partial charge in [-0.05, 0) is 47.4 Å². The van der Waals surface area contributed by atoms with Crippen LogP contribution < -0.4 is 10.6 Å². The Morgan fingerprint density at radius 2 is 1.84 bits per heavy atom. The summed E-state index contributed by atoms with van der Waals surface area (Å²) in [5, 5.41) is 16.0. The molecule has 232 valence electrons. The van der Waals surface area contributed by atoms with Crippen LogP contribution in [0.3, 0.4) is 0 Å². The van der Waals surface area contributed by atoms with Crippen molar-refractivity contribution >= 4 is 29.1 Å². The summed E-state index contributed by atoms with van der Waals surface area (Å²) in [5.41, 5.74) is 3.36. The third-order valence-electron chi connectivity index (χ3n) is 8.38. The van der Waals surface area contributed by atoms with E-state index in [-0.39, 0.29) is 12.0 Å². The molecule has 3 amide bonds. The van der Waals surface area contributed by atoms with E-state index in [1.807, 2.05) is 26.0 Å². The van der Waals surface area contributed by atoms with Crippen LogP contribution in [0.4, 0.5) is 4.39 Å². The minimum absolute atomic E-state index is 0.278. The van der Waals surface area contributed by atoms with Crippen molar-refractivity contribution < 1.29 is 23.9 Å². The standard InChI is InChI=1S/C32H42FN5O4S/c1-17(20-11-10-19(14-21(20)30(3,4)5)25-18(2)35-16-43-25)36-27(40)24-23(33)22(39)15-38(24)28(41)26(31(6,7)8)37-29(42)32(34-9)12-13-32/h10-11,14,16-17,22-24,26,39H,12-13,15H2,1-8H3,(H,36,40)(H,37,42)/t17-,22-,23-,24?,26?/m0/s1. The summed E-state index contributed by atoms with van der Waals surface area (Å²) in [6.07, 6.45) is -2.75. The van der Waals surface area contributed by atoms with Gasteiger partial charge in [0.1, 0.15) is 18.2 Å². The molecule has 1 aliphatic heterocycles. The number of rotatable bonds is 7. The van der Waals surface area contributed by atoms with E-state index in [0.717, 1.165) is 32.2 Å². The molecule has 9 nitrogen and oxygen atoms in total. The summed E-state index contributed by atoms with van der Waals surface area (Å²) < 4.78 is 15.5. The molecule has 0 radical (unpaired) electrons. The number of nitrogens with zero attached hydrogens (tertiary/aromatic N) is 3. The Kier molecular flexibility index (Phi) is 8.80. The summed E-state index contributed by atoms with van der Waals surface area (Å²) in [6.45, 7) is 22.2. The predicted octanol–water partition coefficient (Wildman–Crippen LogP) is 4.49. The van der Waals surface area contributed by atoms with E-state index in [1.54, 1.807) is 37.6 Å². The fraction of sp³-hybridized carbons (Fsp3) is 0.594. The first kappa shape index (κ1) is 32.6. The fourth-order valence-corrected chi connectivity index (χ4v) is 6.38. The number of likely N-dealkylation sites (tertiary alicyclic amines) is 1. The van der Waals surface area contributed by atoms with Crippen molar-refractivity contribution in [2.45, 2.75) is 110 Å². The number of nitrogens with one attached hydrogen (secondary N) is 2. The van der Waals surface area contributed by atoms with Gasteiger partial charge in [0.05, 0.1) is 28.7 Å². The molecule has 1 saturated carbocycles. The topological polar surface area (TPSA) is 116 Å². The van der Waals surface area contributed by atoms with E-state index < -0.39 is 59.1 Å². The molecule has 1 saturated heterocycles. The van der Waals surface area contributed by atoms with Gasteiger partial charge >= 0.3 is 11.4 Å². The second-order valence-electron chi connectivity index (χ2n) is 13.9. The van der Waals surface area contributed by atoms with E-state index in [0.29, 0.717) is 12.8 Å². The molecule has 3 N–H and O–H groups in total. The monoisotopic (exact) mass is 611 g/mol. The number of halogens is 1. The van der Waals surface area contributed by atoms with Gasteiger partial charge in [-0.2, -0.15) is 0 Å². The minimum Gasteiger partial charge on any atom is -0.388 e. The van der Waals surface area contributed by atoms with Gasteiger partial charge in [0.25, 0.3) is 0 Å². The van der Waals surface area contributed by atoms with Gasteiger partial charge in [-0.25, -0.2) is 15.9 Å². The smallest absolute Gasteiger partial charge is 0.309 e. The third-order valence-corrected chi connectivity index (χ3v) is 9.36. The summed E-state index contributed by atoms with van der Waals surface area (Å²) in [5.74, 6) is -1.95. The third kappa shape index (κ3) is 6.46. The van der Waals surface area contributed by atoms with Crippen molar-refractivity contribution in [1.29, 1.82) is 0 Å². The number of β-amino-alcohol motifs (C(OH)–C–C–N with tert-alkyl or cyclic N) is 1. The van der Waals surface area contributed by atoms with E-state index >= 15 is 4.39 Å². The zero-order chi connectivity index (χ0) is 32.1. The van der Waals surface area contributed by atoms with Crippen molar-refractivity contribution in [3.05, 3.63) is 51.9 Å². The van der Waals surface area contributed by atoms with Crippen LogP contribution >= 0.6 is 11.3 Å². The van der Waals surface area contributed by atoms with Crippen LogP contribution in [-0.4, -0.2) is 69.2 Å². The van der Waals surface area contributed by atoms with Gasteiger partial charge in [0.15, 0.2) is 6.17 Å². The summed E-state index contributed by atoms with van der Waals surface area (Å²) >= 11 is 1.56. The van der Waals surface area contributed by atoms with Crippen molar-refractivity contribution in [2.24, 2.45) is 5.41 Å². The van der Waals surface area contributed by atoms with Gasteiger partial charge in [0, 0.05) is 12.8 Å². The lowest BCUT2D eigenvalue weighted by molar-refractivity contribution is -0.145. The maximum atomic E-state index is 15.5. The first-order chi connectivity index (χ1) is 19.9. The lowest BCUT2D eigenvalue weighted by Crippen LogP contribution is -2.60. The largest absolute Gasteiger partial charge is 0.388 e. The number of hydrogen-bond donors (Lipinski definition) is 3. The van der Waals surface area contributed by atoms with Crippen molar-refractivity contribution in [2.75, 3.05) is 6.54 Å². The highest BCUT2D eigenvalue weighted by molar-refractivity contribution is 7.13. The SMILES string of the molecule is [C-]#[N+]C1(C(=O)NC(C(=O)N2C[C@H](O)[C@H](F)C2C(=O)N[C@@H](C)c2ccc(-c3scnc3C)cc2C(C)(C)C)C(C)(C)C)CC1. The quantitative estimate of drug-likeness (QED) is 0.399. The van der Waals surface area contributed by atoms with Crippen LogP contribution in [0.15, 0.2) is 23.7 Å². The molecule has 2 unspecified atom stereocenters. The zero-order valence-electron chi connectivity index (χ0n) is 26.1. The van der Waals surface area contributed by atoms with Gasteiger partial charge in [-0.1, -0.05) is 53.7 Å². The maximum absolute atomic E-state index is 15.5. The lowest BCUT2D eigenvalue weighted by Gasteiger charge is -2.35. The summed E-state index contributed by atoms with van der Waals surface area (Å²) in [7, 11) is 0. The molecule has 1 aromatic heterocycles. The molecular weight excluding hydrogens is 569 g/mol. The average molecular weight is 612 g/mol. The zero-order valence-corrected chi connectivity index (χ0v) is 26.9. The molecule has 2 heterocycles. The highest BCUT2D eigenvalue weighted by atomic mass is 32.1. The van der Waals surface area contributed by atoms with Crippen LogP contribution in [0, 0.1) is 18.9 Å². The molecule has 1 aromatic carbocycles. The number of thiazole rings is 1. The molecule has 2 fully saturated rings. The van der Waals surface area contributed by atoms with E-state index in [1.165, 1.54) is 0 Å². The molecule has 11 heteroatoms. The van der Waals surface area contributed by atoms with Crippen LogP contribution in [0.2, 0.25) is 0 Å². The first-order valence-electron chi connectivity index (χ1n) is 14.6. The number of aromatic nitrogens is 1. The van der Waals surface area contributed by atoms with Gasteiger partial charge in [-0.15, -0.1) is 11.3 Å². The van der Waals surface area contributed by atoms with Crippen molar-refractivity contribution in [3.8, 4) is 10.4 Å². The van der Waals surface area contributed by atoms with Crippen molar-refractivity contribution in [1.82, 2.24) is 20.5 Å². The molecule has 2 aromatic rings. The fourth-order valence-electron chi connectivity index (χ4n) is 5.58. The normalized spacial score (nSPS) is 22.8. The van der Waals surface area contributed by atoms with E-state index in [4.69, 9.17) is 6.57 Å². The Morgan fingerprint density at radius 3 is 2.35 bits per heavy atom. The first-order valence-corrected chi connectivity index (χ1v) is 15.5. The van der Waals surface area contributed by atoms with E-state index in [2.05, 4.69) is 47.3 Å². The number of aryl methyl sites for hydroxylation is 1. The van der Waals surface area contributed by atoms with Gasteiger partial charge in [-0.3, -0.25) is 19.2 Å². The molecular formula is C32H42FN5O4S. The molecule has 2 aliphatic rings. The predicted molar refractivity (Wildman–Crippen MR) is 164 cm³/mol. The van der Waals surface area contributed by atoms with E-state index in [9.17, 15) is 19.5 Å². The minimum atomic E-state index is -2.01. The second kappa shape index (κ2) is 11.6. The van der Waals surface area contributed by atoms with Crippen LogP contribution in [0.5, 0.6) is 0 Å². The van der Waals surface area contributed by atoms with Crippen LogP contribution in [0.1, 0.15) is 84.2 Å². The average Bonchev–Trinajstić information content (AvgIpc) is 3.52. The number of carbonyl (C=O) groups excluding carboxylic acids is 3. The molecule has 0 spiro atoms. The number of hydrogen-bond acceptors (Lipinski definition) is 6. The highest BCUT2D eigenvalue weighted by Gasteiger charge is 2.60. The molecule has 1 aliphatic carbocycles. The Balaban J connectivity index is 1.60. The summed E-state index contributed by atoms with van der Waals surface area (Å²) in [4.78, 5) is 50.4. The number of benzene rings is 1. The van der Waals surface area contributed by atoms with Crippen LogP contribution in [-0.2, 0) is 19.8 Å². The number of carbonyl (C=O) groups is 3. The number of amides is 3. The molecule has 0 bridgehead atoms. The molecule has 4 rings (SSSR count). The number of aliphatic hydroxyl groups is 1. The van der Waals surface area contributed by atoms with Crippen molar-refractivity contribution in [3.63, 3.8) is 0 Å². The number of alkyl halides is 1. The van der Waals surface area contributed by atoms with Gasteiger partial charge < -0.3 is 20.6 Å². The number of aliphatic hydroxyl groups excluding tert-OH is 1. The summed E-state index contributed by atoms with van der Waals surface area (Å²) in [6, 6.07) is 2.78. The maximum Gasteiger partial charge on any atom is 0.309 e. The molecule has 5 atom stereocenters. The lowest BCUT2D eigenvalue weighted by atomic mass is 9.81. The molecule has 43 heavy (non-hydrogen) atoms. The Labute approximate surface area is 257 Å².